The summed E-state index contributed by atoms with van der Waals surface area (Å²) in [5.41, 5.74) is 0. The van der Waals surface area contributed by atoms with E-state index < -0.39 is 13.4 Å². The van der Waals surface area contributed by atoms with Crippen molar-refractivity contribution < 1.29 is 14.0 Å². The molecule has 0 aromatic heterocycles. The molecule has 0 saturated carbocycles. The molecule has 80 valence electrons. The van der Waals surface area contributed by atoms with E-state index in [9.17, 15) is 0 Å². The average molecular weight is 199 g/mol. The van der Waals surface area contributed by atoms with E-state index >= 15 is 0 Å². The van der Waals surface area contributed by atoms with Crippen molar-refractivity contribution in [3.8, 4) is 6.07 Å². The van der Waals surface area contributed by atoms with Gasteiger partial charge in [0.1, 0.15) is 6.10 Å². The second kappa shape index (κ2) is 9.01. The van der Waals surface area contributed by atoms with Crippen LogP contribution in [0, 0.1) is 11.3 Å². The molecule has 14 heavy (non-hydrogen) atoms. The standard InChI is InChI=1S/C9H18BNO3/c1-4-6-12-10(13-7-5-2)14-9(3)8-11/h9H,4-7H2,1-3H3. The van der Waals surface area contributed by atoms with Gasteiger partial charge in [0, 0.05) is 13.2 Å². The summed E-state index contributed by atoms with van der Waals surface area (Å²) in [5, 5.41) is 8.55. The number of hydrogen-bond acceptors (Lipinski definition) is 4. The molecule has 4 nitrogen and oxygen atoms in total. The minimum atomic E-state index is -0.704. The van der Waals surface area contributed by atoms with E-state index in [2.05, 4.69) is 0 Å². The molecule has 0 amide bonds. The fourth-order valence-electron chi connectivity index (χ4n) is 0.752. The number of hydrogen-bond donors (Lipinski definition) is 0. The number of nitriles is 1. The SMILES string of the molecule is CCCOB(OCCC)OC(C)C#N. The van der Waals surface area contributed by atoms with Crippen molar-refractivity contribution in [1.82, 2.24) is 0 Å². The molecule has 0 aliphatic carbocycles. The lowest BCUT2D eigenvalue weighted by Gasteiger charge is -2.14. The molecule has 0 bridgehead atoms. The summed E-state index contributed by atoms with van der Waals surface area (Å²) in [4.78, 5) is 0. The van der Waals surface area contributed by atoms with Crippen LogP contribution < -0.4 is 0 Å². The molecule has 0 rings (SSSR count). The van der Waals surface area contributed by atoms with Crippen LogP contribution in [0.25, 0.3) is 0 Å². The molecule has 0 N–H and O–H groups in total. The quantitative estimate of drug-likeness (QED) is 0.558. The smallest absolute Gasteiger partial charge is 0.386 e. The van der Waals surface area contributed by atoms with Crippen LogP contribution in [0.15, 0.2) is 0 Å². The van der Waals surface area contributed by atoms with Crippen molar-refractivity contribution in [3.63, 3.8) is 0 Å². The highest BCUT2D eigenvalue weighted by atomic mass is 16.7. The summed E-state index contributed by atoms with van der Waals surface area (Å²) >= 11 is 0. The van der Waals surface area contributed by atoms with Gasteiger partial charge in [0.2, 0.25) is 0 Å². The zero-order valence-corrected chi connectivity index (χ0v) is 9.16. The first kappa shape index (κ1) is 13.4. The minimum Gasteiger partial charge on any atom is -0.386 e. The van der Waals surface area contributed by atoms with Crippen molar-refractivity contribution >= 4 is 7.32 Å². The monoisotopic (exact) mass is 199 g/mol. The lowest BCUT2D eigenvalue weighted by molar-refractivity contribution is 0.0804. The van der Waals surface area contributed by atoms with E-state index in [0.717, 1.165) is 12.8 Å². The molecule has 0 radical (unpaired) electrons. The van der Waals surface area contributed by atoms with Crippen LogP contribution in [0.2, 0.25) is 0 Å². The van der Waals surface area contributed by atoms with Gasteiger partial charge in [-0.05, 0) is 19.8 Å². The molecule has 0 spiro atoms. The number of rotatable bonds is 8. The largest absolute Gasteiger partial charge is 0.640 e. The normalized spacial score (nSPS) is 12.1. The molecule has 0 saturated heterocycles. The Morgan fingerprint density at radius 1 is 1.21 bits per heavy atom. The van der Waals surface area contributed by atoms with E-state index in [1.165, 1.54) is 0 Å². The fourth-order valence-corrected chi connectivity index (χ4v) is 0.752. The molecular formula is C9H18BNO3. The molecule has 0 fully saturated rings. The lowest BCUT2D eigenvalue weighted by atomic mass is 10.2. The minimum absolute atomic E-state index is 0.506. The third-order valence-electron chi connectivity index (χ3n) is 1.41. The highest BCUT2D eigenvalue weighted by Gasteiger charge is 2.23. The van der Waals surface area contributed by atoms with Crippen molar-refractivity contribution in [2.75, 3.05) is 13.2 Å². The summed E-state index contributed by atoms with van der Waals surface area (Å²) < 4.78 is 15.7. The molecule has 0 aliphatic heterocycles. The molecule has 0 aromatic carbocycles. The zero-order chi connectivity index (χ0) is 10.8. The van der Waals surface area contributed by atoms with Gasteiger partial charge in [-0.15, -0.1) is 0 Å². The van der Waals surface area contributed by atoms with Crippen LogP contribution in [0.5, 0.6) is 0 Å². The molecule has 1 atom stereocenters. The van der Waals surface area contributed by atoms with E-state index in [4.69, 9.17) is 19.2 Å². The maximum atomic E-state index is 8.55. The fraction of sp³-hybridized carbons (Fsp3) is 0.889. The topological polar surface area (TPSA) is 51.5 Å². The van der Waals surface area contributed by atoms with Crippen LogP contribution in [0.1, 0.15) is 33.6 Å². The van der Waals surface area contributed by atoms with Gasteiger partial charge in [-0.25, -0.2) is 0 Å². The Morgan fingerprint density at radius 2 is 1.71 bits per heavy atom. The highest BCUT2D eigenvalue weighted by Crippen LogP contribution is 1.99. The van der Waals surface area contributed by atoms with E-state index in [0.29, 0.717) is 13.2 Å². The molecular weight excluding hydrogens is 181 g/mol. The first-order chi connectivity index (χ1) is 6.74. The summed E-state index contributed by atoms with van der Waals surface area (Å²) in [6.45, 7) is 6.83. The predicted molar refractivity (Wildman–Crippen MR) is 54.4 cm³/mol. The van der Waals surface area contributed by atoms with Crippen LogP contribution in [-0.2, 0) is 14.0 Å². The van der Waals surface area contributed by atoms with Gasteiger partial charge in [-0.2, -0.15) is 5.26 Å². The maximum absolute atomic E-state index is 8.55. The Morgan fingerprint density at radius 3 is 2.07 bits per heavy atom. The van der Waals surface area contributed by atoms with Crippen molar-refractivity contribution in [1.29, 1.82) is 5.26 Å². The third kappa shape index (κ3) is 6.90. The molecule has 0 heterocycles. The Hall–Kier alpha value is -0.565. The van der Waals surface area contributed by atoms with E-state index in [1.54, 1.807) is 6.92 Å². The van der Waals surface area contributed by atoms with Crippen molar-refractivity contribution in [2.24, 2.45) is 0 Å². The van der Waals surface area contributed by atoms with Gasteiger partial charge >= 0.3 is 7.32 Å². The highest BCUT2D eigenvalue weighted by molar-refractivity contribution is 6.36. The van der Waals surface area contributed by atoms with E-state index in [1.807, 2.05) is 19.9 Å². The van der Waals surface area contributed by atoms with Crippen molar-refractivity contribution in [3.05, 3.63) is 0 Å². The maximum Gasteiger partial charge on any atom is 0.640 e. The molecule has 0 aliphatic rings. The lowest BCUT2D eigenvalue weighted by Crippen LogP contribution is -2.31. The second-order valence-electron chi connectivity index (χ2n) is 2.94. The van der Waals surface area contributed by atoms with Crippen LogP contribution in [-0.4, -0.2) is 26.6 Å². The molecule has 0 aromatic rings. The van der Waals surface area contributed by atoms with Crippen molar-refractivity contribution in [2.45, 2.75) is 39.7 Å². The number of nitrogens with zero attached hydrogens (tertiary/aromatic N) is 1. The van der Waals surface area contributed by atoms with Gasteiger partial charge in [0.05, 0.1) is 6.07 Å². The van der Waals surface area contributed by atoms with Crippen LogP contribution in [0.4, 0.5) is 0 Å². The van der Waals surface area contributed by atoms with Crippen LogP contribution >= 0.6 is 0 Å². The van der Waals surface area contributed by atoms with E-state index in [-0.39, 0.29) is 0 Å². The van der Waals surface area contributed by atoms with Gasteiger partial charge < -0.3 is 14.0 Å². The first-order valence-electron chi connectivity index (χ1n) is 5.02. The second-order valence-corrected chi connectivity index (χ2v) is 2.94. The Labute approximate surface area is 86.3 Å². The summed E-state index contributed by atoms with van der Waals surface area (Å²) in [5.74, 6) is 0. The Kier molecular flexibility index (Phi) is 8.64. The summed E-state index contributed by atoms with van der Waals surface area (Å²) in [6.07, 6.45) is 1.29. The van der Waals surface area contributed by atoms with Gasteiger partial charge in [0.25, 0.3) is 0 Å². The Balaban J connectivity index is 3.78. The first-order valence-corrected chi connectivity index (χ1v) is 5.02. The molecule has 1 unspecified atom stereocenters. The van der Waals surface area contributed by atoms with Gasteiger partial charge in [0.15, 0.2) is 0 Å². The zero-order valence-electron chi connectivity index (χ0n) is 9.16. The van der Waals surface area contributed by atoms with Gasteiger partial charge in [-0.3, -0.25) is 0 Å². The van der Waals surface area contributed by atoms with Crippen LogP contribution in [0.3, 0.4) is 0 Å². The average Bonchev–Trinajstić information content (AvgIpc) is 2.21. The van der Waals surface area contributed by atoms with Gasteiger partial charge in [-0.1, -0.05) is 13.8 Å². The third-order valence-corrected chi connectivity index (χ3v) is 1.41. The summed E-state index contributed by atoms with van der Waals surface area (Å²) in [6, 6.07) is 1.97. The summed E-state index contributed by atoms with van der Waals surface area (Å²) in [7, 11) is -0.704. The predicted octanol–water partition coefficient (Wildman–Crippen LogP) is 1.75. The Bertz CT molecular complexity index is 164. The molecule has 5 heteroatoms.